The van der Waals surface area contributed by atoms with E-state index in [0.717, 1.165) is 32.7 Å². The van der Waals surface area contributed by atoms with Crippen LogP contribution in [-0.2, 0) is 4.74 Å². The van der Waals surface area contributed by atoms with Crippen LogP contribution in [0.4, 0.5) is 0 Å². The molecule has 1 unspecified atom stereocenters. The van der Waals surface area contributed by atoms with Crippen LogP contribution in [0, 0.1) is 0 Å². The monoisotopic (exact) mass is 197 g/mol. The third kappa shape index (κ3) is 12.8. The summed E-state index contributed by atoms with van der Waals surface area (Å²) in [6.45, 7) is 7.56. The van der Waals surface area contributed by atoms with Gasteiger partial charge in [0.05, 0.1) is 19.3 Å². The van der Waals surface area contributed by atoms with Gasteiger partial charge in [-0.3, -0.25) is 0 Å². The molecule has 0 amide bonds. The first-order valence-electron chi connectivity index (χ1n) is 4.24. The summed E-state index contributed by atoms with van der Waals surface area (Å²) in [5.41, 5.74) is 0. The molecule has 0 spiro atoms. The molecule has 1 aliphatic heterocycles. The molecule has 2 N–H and O–H groups in total. The largest absolute Gasteiger partial charge is 0.393 e. The molecule has 1 fully saturated rings. The Bertz CT molecular complexity index is 65.9. The molecule has 0 aromatic rings. The number of nitrogens with one attached hydrogen (secondary N) is 1. The van der Waals surface area contributed by atoms with Gasteiger partial charge in [-0.15, -0.1) is 12.4 Å². The Morgan fingerprint density at radius 1 is 1.42 bits per heavy atom. The highest BCUT2D eigenvalue weighted by molar-refractivity contribution is 5.85. The highest BCUT2D eigenvalue weighted by Crippen LogP contribution is 1.81. The van der Waals surface area contributed by atoms with E-state index in [1.165, 1.54) is 0 Å². The Kier molecular flexibility index (Phi) is 13.7. The van der Waals surface area contributed by atoms with Gasteiger partial charge in [-0.2, -0.15) is 0 Å². The van der Waals surface area contributed by atoms with Crippen LogP contribution in [0.3, 0.4) is 0 Å². The first-order chi connectivity index (χ1) is 5.27. The molecular formula is C8H20ClNO2. The maximum absolute atomic E-state index is 8.36. The topological polar surface area (TPSA) is 41.5 Å². The van der Waals surface area contributed by atoms with Crippen molar-refractivity contribution in [1.29, 1.82) is 0 Å². The van der Waals surface area contributed by atoms with E-state index in [2.05, 4.69) is 5.32 Å². The second-order valence-electron chi connectivity index (χ2n) is 2.62. The van der Waals surface area contributed by atoms with Crippen LogP contribution < -0.4 is 5.32 Å². The lowest BCUT2D eigenvalue weighted by atomic mass is 10.3. The normalized spacial score (nSPS) is 18.2. The van der Waals surface area contributed by atoms with Gasteiger partial charge in [0.15, 0.2) is 0 Å². The smallest absolute Gasteiger partial charge is 0.0591 e. The maximum Gasteiger partial charge on any atom is 0.0591 e. The van der Waals surface area contributed by atoms with Crippen molar-refractivity contribution in [2.24, 2.45) is 0 Å². The van der Waals surface area contributed by atoms with Crippen LogP contribution in [0.2, 0.25) is 0 Å². The number of aliphatic hydroxyl groups is 1. The molecule has 1 rings (SSSR count). The third-order valence-electron chi connectivity index (χ3n) is 1.44. The van der Waals surface area contributed by atoms with Crippen LogP contribution in [0.15, 0.2) is 0 Å². The highest BCUT2D eigenvalue weighted by atomic mass is 35.5. The zero-order valence-corrected chi connectivity index (χ0v) is 8.69. The molecule has 0 saturated carbocycles. The van der Waals surface area contributed by atoms with Crippen molar-refractivity contribution in [1.82, 2.24) is 5.32 Å². The summed E-state index contributed by atoms with van der Waals surface area (Å²) < 4.78 is 5.01. The summed E-state index contributed by atoms with van der Waals surface area (Å²) >= 11 is 0. The summed E-state index contributed by atoms with van der Waals surface area (Å²) in [6, 6.07) is 0. The van der Waals surface area contributed by atoms with E-state index in [0.29, 0.717) is 0 Å². The number of hydrogen-bond donors (Lipinski definition) is 2. The molecule has 0 radical (unpaired) electrons. The molecule has 0 aromatic heterocycles. The van der Waals surface area contributed by atoms with Crippen LogP contribution in [0.1, 0.15) is 20.3 Å². The number of aliphatic hydroxyl groups excluding tert-OH is 1. The molecule has 0 aromatic carbocycles. The second-order valence-corrected chi connectivity index (χ2v) is 2.62. The lowest BCUT2D eigenvalue weighted by Gasteiger charge is -2.10. The lowest BCUT2D eigenvalue weighted by Crippen LogP contribution is -2.30. The number of rotatable bonds is 1. The van der Waals surface area contributed by atoms with Gasteiger partial charge in [-0.1, -0.05) is 6.92 Å². The SMILES string of the molecule is C1COCCN1.CCC(C)O.Cl. The summed E-state index contributed by atoms with van der Waals surface area (Å²) in [5.74, 6) is 0. The van der Waals surface area contributed by atoms with Gasteiger partial charge >= 0.3 is 0 Å². The van der Waals surface area contributed by atoms with E-state index in [4.69, 9.17) is 9.84 Å². The van der Waals surface area contributed by atoms with Crippen LogP contribution in [0.25, 0.3) is 0 Å². The fourth-order valence-electron chi connectivity index (χ4n) is 0.516. The van der Waals surface area contributed by atoms with E-state index in [1.54, 1.807) is 6.92 Å². The molecule has 76 valence electrons. The quantitative estimate of drug-likeness (QED) is 0.654. The molecule has 1 heterocycles. The van der Waals surface area contributed by atoms with E-state index >= 15 is 0 Å². The summed E-state index contributed by atoms with van der Waals surface area (Å²) in [7, 11) is 0. The minimum Gasteiger partial charge on any atom is -0.393 e. The Morgan fingerprint density at radius 3 is 1.92 bits per heavy atom. The van der Waals surface area contributed by atoms with E-state index in [9.17, 15) is 0 Å². The Morgan fingerprint density at radius 2 is 1.83 bits per heavy atom. The van der Waals surface area contributed by atoms with Crippen molar-refractivity contribution < 1.29 is 9.84 Å². The number of hydrogen-bond acceptors (Lipinski definition) is 3. The van der Waals surface area contributed by atoms with E-state index in [-0.39, 0.29) is 18.5 Å². The zero-order chi connectivity index (χ0) is 8.53. The van der Waals surface area contributed by atoms with Crippen LogP contribution in [-0.4, -0.2) is 37.5 Å². The third-order valence-corrected chi connectivity index (χ3v) is 1.44. The molecule has 1 atom stereocenters. The van der Waals surface area contributed by atoms with E-state index < -0.39 is 0 Å². The molecule has 0 bridgehead atoms. The van der Waals surface area contributed by atoms with Crippen molar-refractivity contribution in [3.8, 4) is 0 Å². The molecule has 3 nitrogen and oxygen atoms in total. The Balaban J connectivity index is 0. The minimum absolute atomic E-state index is 0. The summed E-state index contributed by atoms with van der Waals surface area (Å²) in [6.07, 6.45) is 0.745. The molecule has 1 saturated heterocycles. The average Bonchev–Trinajstić information content (AvgIpc) is 2.09. The first kappa shape index (κ1) is 14.7. The van der Waals surface area contributed by atoms with Gasteiger partial charge in [-0.05, 0) is 13.3 Å². The van der Waals surface area contributed by atoms with Gasteiger partial charge in [0.1, 0.15) is 0 Å². The van der Waals surface area contributed by atoms with Gasteiger partial charge in [0.2, 0.25) is 0 Å². The molecule has 1 aliphatic rings. The number of ether oxygens (including phenoxy) is 1. The number of halogens is 1. The standard InChI is InChI=1S/C4H9NO.C4H10O.ClH/c1-3-6-4-2-5-1;1-3-4(2)5;/h5H,1-4H2;4-5H,3H2,1-2H3;1H. The van der Waals surface area contributed by atoms with Crippen LogP contribution >= 0.6 is 12.4 Å². The van der Waals surface area contributed by atoms with Crippen molar-refractivity contribution in [2.75, 3.05) is 26.3 Å². The van der Waals surface area contributed by atoms with Crippen molar-refractivity contribution in [3.63, 3.8) is 0 Å². The minimum atomic E-state index is -0.116. The molecule has 0 aliphatic carbocycles. The average molecular weight is 198 g/mol. The fourth-order valence-corrected chi connectivity index (χ4v) is 0.516. The number of morpholine rings is 1. The van der Waals surface area contributed by atoms with Crippen LogP contribution in [0.5, 0.6) is 0 Å². The first-order valence-corrected chi connectivity index (χ1v) is 4.24. The Hall–Kier alpha value is 0.170. The molecule has 12 heavy (non-hydrogen) atoms. The Labute approximate surface area is 80.9 Å². The van der Waals surface area contributed by atoms with Gasteiger partial charge in [0, 0.05) is 13.1 Å². The van der Waals surface area contributed by atoms with E-state index in [1.807, 2.05) is 6.92 Å². The second kappa shape index (κ2) is 11.2. The van der Waals surface area contributed by atoms with Gasteiger partial charge in [0.25, 0.3) is 0 Å². The van der Waals surface area contributed by atoms with Crippen molar-refractivity contribution >= 4 is 12.4 Å². The van der Waals surface area contributed by atoms with Crippen molar-refractivity contribution in [2.45, 2.75) is 26.4 Å². The zero-order valence-electron chi connectivity index (χ0n) is 7.88. The molecule has 4 heteroatoms. The molecular weight excluding hydrogens is 178 g/mol. The van der Waals surface area contributed by atoms with Gasteiger partial charge in [-0.25, -0.2) is 0 Å². The summed E-state index contributed by atoms with van der Waals surface area (Å²) in [5, 5.41) is 11.5. The highest BCUT2D eigenvalue weighted by Gasteiger charge is 1.92. The predicted octanol–water partition coefficient (Wildman–Crippen LogP) is 0.805. The lowest BCUT2D eigenvalue weighted by molar-refractivity contribution is 0.109. The van der Waals surface area contributed by atoms with Gasteiger partial charge < -0.3 is 15.2 Å². The fraction of sp³-hybridized carbons (Fsp3) is 1.00. The summed E-state index contributed by atoms with van der Waals surface area (Å²) in [4.78, 5) is 0. The predicted molar refractivity (Wildman–Crippen MR) is 52.9 cm³/mol. The van der Waals surface area contributed by atoms with Crippen molar-refractivity contribution in [3.05, 3.63) is 0 Å². The maximum atomic E-state index is 8.36.